The predicted octanol–water partition coefficient (Wildman–Crippen LogP) is 3.24. The maximum atomic E-state index is 12.6. The number of pyridine rings is 1. The lowest BCUT2D eigenvalue weighted by Gasteiger charge is -2.24. The number of fused-ring (bicyclic) bond motifs is 1. The minimum atomic E-state index is -0.121. The molecule has 0 unspecified atom stereocenters. The van der Waals surface area contributed by atoms with Crippen molar-refractivity contribution in [3.63, 3.8) is 0 Å². The van der Waals surface area contributed by atoms with E-state index >= 15 is 0 Å². The lowest BCUT2D eigenvalue weighted by Crippen LogP contribution is -2.46. The normalized spacial score (nSPS) is 15.7. The van der Waals surface area contributed by atoms with Gasteiger partial charge >= 0.3 is 0 Å². The molecule has 0 aliphatic carbocycles. The van der Waals surface area contributed by atoms with E-state index in [1.54, 1.807) is 12.3 Å². The van der Waals surface area contributed by atoms with Gasteiger partial charge in [0.25, 0.3) is 0 Å². The summed E-state index contributed by atoms with van der Waals surface area (Å²) in [6.45, 7) is 3.40. The first-order valence-electron chi connectivity index (χ1n) is 10.1. The van der Waals surface area contributed by atoms with Gasteiger partial charge in [-0.1, -0.05) is 18.2 Å². The van der Waals surface area contributed by atoms with Gasteiger partial charge in [0, 0.05) is 36.0 Å². The molecular formula is C23H26N4O2. The van der Waals surface area contributed by atoms with E-state index in [1.807, 2.05) is 54.7 Å². The summed E-state index contributed by atoms with van der Waals surface area (Å²) in [5.74, 6) is 0.694. The van der Waals surface area contributed by atoms with Gasteiger partial charge in [-0.15, -0.1) is 0 Å². The van der Waals surface area contributed by atoms with Gasteiger partial charge < -0.3 is 19.9 Å². The van der Waals surface area contributed by atoms with Crippen molar-refractivity contribution in [2.45, 2.75) is 18.9 Å². The Morgan fingerprint density at radius 1 is 1.21 bits per heavy atom. The lowest BCUT2D eigenvalue weighted by atomic mass is 10.2. The largest absolute Gasteiger partial charge is 0.491 e. The van der Waals surface area contributed by atoms with Crippen LogP contribution in [0.5, 0.6) is 5.75 Å². The molecule has 1 fully saturated rings. The number of carbonyl (C=O) groups is 1. The Balaban J connectivity index is 1.39. The fourth-order valence-corrected chi connectivity index (χ4v) is 3.66. The molecule has 0 saturated carbocycles. The lowest BCUT2D eigenvalue weighted by molar-refractivity contribution is -0.117. The van der Waals surface area contributed by atoms with E-state index in [2.05, 4.69) is 20.2 Å². The van der Waals surface area contributed by atoms with Gasteiger partial charge in [0.15, 0.2) is 0 Å². The zero-order chi connectivity index (χ0) is 19.9. The Morgan fingerprint density at radius 2 is 2.03 bits per heavy atom. The first-order chi connectivity index (χ1) is 14.3. The number of H-pyrrole nitrogens is 1. The van der Waals surface area contributed by atoms with E-state index in [1.165, 1.54) is 12.8 Å². The monoisotopic (exact) mass is 390 g/mol. The number of amides is 1. The summed E-state index contributed by atoms with van der Waals surface area (Å²) in [4.78, 5) is 22.3. The SMILES string of the molecule is O=C(C=Cc1c[nH]c2ncccc12)N[C@@H](COc1ccccc1)CN1CCCC1. The molecule has 0 bridgehead atoms. The minimum Gasteiger partial charge on any atom is -0.491 e. The van der Waals surface area contributed by atoms with Crippen LogP contribution in [0.2, 0.25) is 0 Å². The zero-order valence-corrected chi connectivity index (χ0v) is 16.4. The van der Waals surface area contributed by atoms with Crippen LogP contribution in [0.4, 0.5) is 0 Å². The summed E-state index contributed by atoms with van der Waals surface area (Å²) in [5.41, 5.74) is 1.76. The molecule has 0 radical (unpaired) electrons. The van der Waals surface area contributed by atoms with Crippen molar-refractivity contribution < 1.29 is 9.53 Å². The van der Waals surface area contributed by atoms with Crippen LogP contribution in [0, 0.1) is 0 Å². The molecule has 2 N–H and O–H groups in total. The van der Waals surface area contributed by atoms with E-state index in [4.69, 9.17) is 4.74 Å². The molecule has 1 saturated heterocycles. The highest BCUT2D eigenvalue weighted by atomic mass is 16.5. The van der Waals surface area contributed by atoms with Crippen LogP contribution in [-0.2, 0) is 4.79 Å². The van der Waals surface area contributed by atoms with Gasteiger partial charge in [-0.05, 0) is 56.3 Å². The summed E-state index contributed by atoms with van der Waals surface area (Å²) in [5, 5.41) is 4.10. The maximum Gasteiger partial charge on any atom is 0.244 e. The molecule has 1 aromatic carbocycles. The van der Waals surface area contributed by atoms with Crippen molar-refractivity contribution in [2.75, 3.05) is 26.2 Å². The van der Waals surface area contributed by atoms with E-state index in [9.17, 15) is 4.79 Å². The van der Waals surface area contributed by atoms with E-state index in [-0.39, 0.29) is 11.9 Å². The van der Waals surface area contributed by atoms with Crippen LogP contribution in [-0.4, -0.2) is 53.1 Å². The van der Waals surface area contributed by atoms with Gasteiger partial charge in [0.2, 0.25) is 5.91 Å². The average molecular weight is 390 g/mol. The summed E-state index contributed by atoms with van der Waals surface area (Å²) >= 11 is 0. The molecule has 3 heterocycles. The number of nitrogens with zero attached hydrogens (tertiary/aromatic N) is 2. The topological polar surface area (TPSA) is 70.2 Å². The second-order valence-electron chi connectivity index (χ2n) is 7.31. The van der Waals surface area contributed by atoms with Crippen molar-refractivity contribution in [1.29, 1.82) is 0 Å². The fraction of sp³-hybridized carbons (Fsp3) is 0.304. The number of likely N-dealkylation sites (tertiary alicyclic amines) is 1. The Labute approximate surface area is 170 Å². The molecule has 29 heavy (non-hydrogen) atoms. The first kappa shape index (κ1) is 19.2. The van der Waals surface area contributed by atoms with Crippen molar-refractivity contribution in [3.05, 3.63) is 66.5 Å². The van der Waals surface area contributed by atoms with Gasteiger partial charge in [-0.3, -0.25) is 4.79 Å². The van der Waals surface area contributed by atoms with E-state index < -0.39 is 0 Å². The van der Waals surface area contributed by atoms with Crippen LogP contribution in [0.1, 0.15) is 18.4 Å². The standard InChI is InChI=1S/C23H26N4O2/c28-22(11-10-18-15-25-23-21(18)9-6-12-24-23)26-19(16-27-13-4-5-14-27)17-29-20-7-2-1-3-8-20/h1-3,6-12,15,19H,4-5,13-14,16-17H2,(H,24,25)(H,26,28)/t19-/m1/s1. The summed E-state index contributed by atoms with van der Waals surface area (Å²) in [6, 6.07) is 13.5. The number of para-hydroxylation sites is 1. The molecule has 1 aliphatic heterocycles. The Morgan fingerprint density at radius 3 is 2.86 bits per heavy atom. The highest BCUT2D eigenvalue weighted by molar-refractivity contribution is 5.95. The molecule has 3 aromatic rings. The number of rotatable bonds is 8. The molecule has 2 aromatic heterocycles. The quantitative estimate of drug-likeness (QED) is 0.580. The maximum absolute atomic E-state index is 12.6. The van der Waals surface area contributed by atoms with Crippen molar-refractivity contribution in [2.24, 2.45) is 0 Å². The van der Waals surface area contributed by atoms with Crippen LogP contribution in [0.3, 0.4) is 0 Å². The summed E-state index contributed by atoms with van der Waals surface area (Å²) in [6.07, 6.45) is 9.44. The van der Waals surface area contributed by atoms with Gasteiger partial charge in [-0.25, -0.2) is 4.98 Å². The van der Waals surface area contributed by atoms with Crippen molar-refractivity contribution >= 4 is 23.0 Å². The van der Waals surface area contributed by atoms with Crippen LogP contribution < -0.4 is 10.1 Å². The van der Waals surface area contributed by atoms with Gasteiger partial charge in [-0.2, -0.15) is 0 Å². The third-order valence-corrected chi connectivity index (χ3v) is 5.12. The average Bonchev–Trinajstić information content (AvgIpc) is 3.41. The van der Waals surface area contributed by atoms with Crippen molar-refractivity contribution in [1.82, 2.24) is 20.2 Å². The highest BCUT2D eigenvalue weighted by Gasteiger charge is 2.19. The fourth-order valence-electron chi connectivity index (χ4n) is 3.66. The molecule has 1 atom stereocenters. The summed E-state index contributed by atoms with van der Waals surface area (Å²) < 4.78 is 5.91. The van der Waals surface area contributed by atoms with Crippen LogP contribution >= 0.6 is 0 Å². The molecule has 1 amide bonds. The molecule has 4 rings (SSSR count). The number of aromatic nitrogens is 2. The molecule has 150 valence electrons. The molecule has 6 heteroatoms. The van der Waals surface area contributed by atoms with Gasteiger partial charge in [0.05, 0.1) is 6.04 Å². The molecule has 6 nitrogen and oxygen atoms in total. The molecule has 1 aliphatic rings. The van der Waals surface area contributed by atoms with E-state index in [0.29, 0.717) is 6.61 Å². The minimum absolute atomic E-state index is 0.0740. The number of nitrogens with one attached hydrogen (secondary N) is 2. The smallest absolute Gasteiger partial charge is 0.244 e. The van der Waals surface area contributed by atoms with E-state index in [0.717, 1.165) is 42.0 Å². The second-order valence-corrected chi connectivity index (χ2v) is 7.31. The zero-order valence-electron chi connectivity index (χ0n) is 16.4. The van der Waals surface area contributed by atoms with Gasteiger partial charge in [0.1, 0.15) is 18.0 Å². The number of benzene rings is 1. The number of ether oxygens (including phenoxy) is 1. The Kier molecular flexibility index (Phi) is 6.22. The Bertz CT molecular complexity index is 961. The number of carbonyl (C=O) groups excluding carboxylic acids is 1. The third-order valence-electron chi connectivity index (χ3n) is 5.12. The second kappa shape index (κ2) is 9.39. The molecule has 0 spiro atoms. The third kappa shape index (κ3) is 5.23. The predicted molar refractivity (Wildman–Crippen MR) is 115 cm³/mol. The highest BCUT2D eigenvalue weighted by Crippen LogP contribution is 2.17. The molecular weight excluding hydrogens is 364 g/mol. The number of aromatic amines is 1. The number of hydrogen-bond acceptors (Lipinski definition) is 4. The Hall–Kier alpha value is -3.12. The summed E-state index contributed by atoms with van der Waals surface area (Å²) in [7, 11) is 0. The first-order valence-corrected chi connectivity index (χ1v) is 10.1. The van der Waals surface area contributed by atoms with Crippen LogP contribution in [0.15, 0.2) is 60.9 Å². The number of hydrogen-bond donors (Lipinski definition) is 2. The van der Waals surface area contributed by atoms with Crippen LogP contribution in [0.25, 0.3) is 17.1 Å². The van der Waals surface area contributed by atoms with Crippen molar-refractivity contribution in [3.8, 4) is 5.75 Å².